The molecule has 1 atom stereocenters. The number of ether oxygens (including phenoxy) is 3. The number of hydrogen-bond donors (Lipinski definition) is 0. The summed E-state index contributed by atoms with van der Waals surface area (Å²) >= 11 is 0. The van der Waals surface area contributed by atoms with Gasteiger partial charge in [-0.15, -0.1) is 0 Å². The molecule has 168 valence electrons. The van der Waals surface area contributed by atoms with Crippen LogP contribution in [-0.2, 0) is 9.59 Å². The predicted octanol–water partition coefficient (Wildman–Crippen LogP) is 4.17. The van der Waals surface area contributed by atoms with Crippen LogP contribution in [0, 0.1) is 5.92 Å². The zero-order chi connectivity index (χ0) is 22.5. The Kier molecular flexibility index (Phi) is 6.63. The van der Waals surface area contributed by atoms with Crippen LogP contribution in [0.5, 0.6) is 17.2 Å². The first kappa shape index (κ1) is 21.7. The van der Waals surface area contributed by atoms with Crippen LogP contribution in [0.4, 0.5) is 11.4 Å². The lowest BCUT2D eigenvalue weighted by molar-refractivity contribution is -0.118. The van der Waals surface area contributed by atoms with Gasteiger partial charge in [0.25, 0.3) is 0 Å². The van der Waals surface area contributed by atoms with Crippen molar-refractivity contribution in [3.63, 3.8) is 0 Å². The van der Waals surface area contributed by atoms with Crippen LogP contribution >= 0.6 is 0 Å². The van der Waals surface area contributed by atoms with Crippen molar-refractivity contribution in [1.82, 2.24) is 0 Å². The van der Waals surface area contributed by atoms with E-state index in [9.17, 15) is 9.59 Å². The molecule has 3 heterocycles. The summed E-state index contributed by atoms with van der Waals surface area (Å²) in [6.07, 6.45) is 3.95. The van der Waals surface area contributed by atoms with Crippen molar-refractivity contribution in [3.8, 4) is 17.2 Å². The Morgan fingerprint density at radius 1 is 1.03 bits per heavy atom. The normalized spacial score (nSPS) is 19.1. The van der Waals surface area contributed by atoms with Gasteiger partial charge in [0.15, 0.2) is 11.5 Å². The van der Waals surface area contributed by atoms with Crippen LogP contribution in [0.1, 0.15) is 26.2 Å². The Morgan fingerprint density at radius 3 is 2.44 bits per heavy atom. The Balaban J connectivity index is 0.000000153. The molecule has 5 rings (SSSR count). The van der Waals surface area contributed by atoms with E-state index in [1.54, 1.807) is 6.08 Å². The van der Waals surface area contributed by atoms with Gasteiger partial charge in [-0.1, -0.05) is 19.6 Å². The van der Waals surface area contributed by atoms with E-state index in [0.29, 0.717) is 25.4 Å². The maximum atomic E-state index is 11.7. The van der Waals surface area contributed by atoms with Crippen molar-refractivity contribution in [2.75, 3.05) is 36.3 Å². The van der Waals surface area contributed by atoms with E-state index in [1.165, 1.54) is 0 Å². The maximum absolute atomic E-state index is 11.7. The van der Waals surface area contributed by atoms with Gasteiger partial charge in [-0.3, -0.25) is 9.59 Å². The molecule has 32 heavy (non-hydrogen) atoms. The fourth-order valence-electron chi connectivity index (χ4n) is 3.99. The summed E-state index contributed by atoms with van der Waals surface area (Å²) in [4.78, 5) is 26.9. The van der Waals surface area contributed by atoms with Crippen molar-refractivity contribution < 1.29 is 23.8 Å². The maximum Gasteiger partial charge on any atom is 0.231 e. The van der Waals surface area contributed by atoms with Crippen LogP contribution < -0.4 is 24.0 Å². The minimum atomic E-state index is 0.186. The van der Waals surface area contributed by atoms with Gasteiger partial charge in [-0.2, -0.15) is 0 Å². The molecular weight excluding hydrogens is 408 g/mol. The Hall–Kier alpha value is -3.48. The summed E-state index contributed by atoms with van der Waals surface area (Å²) in [6.45, 7) is 8.06. The smallest absolute Gasteiger partial charge is 0.231 e. The molecule has 3 aliphatic rings. The molecule has 2 saturated heterocycles. The van der Waals surface area contributed by atoms with Crippen LogP contribution in [0.3, 0.4) is 0 Å². The van der Waals surface area contributed by atoms with E-state index in [-0.39, 0.29) is 18.6 Å². The first-order chi connectivity index (χ1) is 15.5. The quantitative estimate of drug-likeness (QED) is 0.658. The molecule has 7 heteroatoms. The number of benzene rings is 2. The number of anilines is 2. The highest BCUT2D eigenvalue weighted by Gasteiger charge is 2.28. The molecule has 0 bridgehead atoms. The average Bonchev–Trinajstić information content (AvgIpc) is 3.52. The fourth-order valence-corrected chi connectivity index (χ4v) is 3.99. The zero-order valence-corrected chi connectivity index (χ0v) is 18.3. The van der Waals surface area contributed by atoms with E-state index in [1.807, 2.05) is 52.3 Å². The number of fused-ring (bicyclic) bond motifs is 1. The van der Waals surface area contributed by atoms with Gasteiger partial charge in [0.1, 0.15) is 12.4 Å². The van der Waals surface area contributed by atoms with Crippen molar-refractivity contribution in [3.05, 3.63) is 55.1 Å². The second kappa shape index (κ2) is 9.77. The third-order valence-electron chi connectivity index (χ3n) is 5.58. The monoisotopic (exact) mass is 436 g/mol. The molecule has 0 aromatic heterocycles. The van der Waals surface area contributed by atoms with Gasteiger partial charge in [0.2, 0.25) is 18.6 Å². The molecule has 0 N–H and O–H groups in total. The van der Waals surface area contributed by atoms with E-state index >= 15 is 0 Å². The summed E-state index contributed by atoms with van der Waals surface area (Å²) in [5.74, 6) is 3.10. The first-order valence-corrected chi connectivity index (χ1v) is 10.9. The highest BCUT2D eigenvalue weighted by molar-refractivity contribution is 5.96. The minimum Gasteiger partial charge on any atom is -0.490 e. The van der Waals surface area contributed by atoms with E-state index in [4.69, 9.17) is 14.2 Å². The molecule has 0 aliphatic carbocycles. The molecule has 2 fully saturated rings. The van der Waals surface area contributed by atoms with Gasteiger partial charge in [0, 0.05) is 43.4 Å². The average molecular weight is 437 g/mol. The highest BCUT2D eigenvalue weighted by Crippen LogP contribution is 2.37. The molecule has 0 radical (unpaired) electrons. The largest absolute Gasteiger partial charge is 0.490 e. The number of hydrogen-bond acceptors (Lipinski definition) is 5. The van der Waals surface area contributed by atoms with E-state index < -0.39 is 0 Å². The lowest BCUT2D eigenvalue weighted by atomic mass is 10.2. The molecule has 1 unspecified atom stereocenters. The second-order valence-electron chi connectivity index (χ2n) is 8.09. The molecule has 2 aromatic rings. The van der Waals surface area contributed by atoms with Gasteiger partial charge in [0.05, 0.1) is 0 Å². The van der Waals surface area contributed by atoms with Gasteiger partial charge in [-0.05, 0) is 48.7 Å². The number of carbonyl (C=O) groups excluding carboxylic acids is 2. The Morgan fingerprint density at radius 2 is 1.78 bits per heavy atom. The second-order valence-corrected chi connectivity index (χ2v) is 8.09. The lowest BCUT2D eigenvalue weighted by Crippen LogP contribution is -2.24. The van der Waals surface area contributed by atoms with E-state index in [2.05, 4.69) is 13.5 Å². The van der Waals surface area contributed by atoms with E-state index in [0.717, 1.165) is 48.1 Å². The third kappa shape index (κ3) is 4.88. The fraction of sp³-hybridized carbons (Fsp3) is 0.360. The topological polar surface area (TPSA) is 68.3 Å². The molecule has 0 spiro atoms. The van der Waals surface area contributed by atoms with Gasteiger partial charge >= 0.3 is 0 Å². The number of carbonyl (C=O) groups is 2. The van der Waals surface area contributed by atoms with Crippen LogP contribution in [0.2, 0.25) is 0 Å². The molecular formula is C25H28N2O5. The summed E-state index contributed by atoms with van der Waals surface area (Å²) in [6, 6.07) is 13.2. The van der Waals surface area contributed by atoms with Crippen molar-refractivity contribution in [1.29, 1.82) is 0 Å². The SMILES string of the molecule is C=CCOc1ccc(N2CCCC2=O)cc1.CC1CC(=O)N(c2ccc3c(c2)OCO3)C1. The molecule has 7 nitrogen and oxygen atoms in total. The predicted molar refractivity (Wildman–Crippen MR) is 122 cm³/mol. The Labute approximate surface area is 188 Å². The van der Waals surface area contributed by atoms with Crippen molar-refractivity contribution in [2.45, 2.75) is 26.2 Å². The van der Waals surface area contributed by atoms with Crippen LogP contribution in [0.15, 0.2) is 55.1 Å². The summed E-state index contributed by atoms with van der Waals surface area (Å²) in [5.41, 5.74) is 1.85. The minimum absolute atomic E-state index is 0.186. The van der Waals surface area contributed by atoms with Crippen LogP contribution in [0.25, 0.3) is 0 Å². The summed E-state index contributed by atoms with van der Waals surface area (Å²) in [5, 5.41) is 0. The third-order valence-corrected chi connectivity index (χ3v) is 5.58. The Bertz CT molecular complexity index is 988. The number of nitrogens with zero attached hydrogens (tertiary/aromatic N) is 2. The van der Waals surface area contributed by atoms with Crippen molar-refractivity contribution >= 4 is 23.2 Å². The molecule has 0 saturated carbocycles. The standard InChI is InChI=1S/C13H15NO2.C12H13NO3/c1-2-10-16-12-7-5-11(6-8-12)14-9-3-4-13(14)15;1-8-4-12(14)13(6-8)9-2-3-10-11(5-9)16-7-15-10/h2,5-8H,1,3-4,9-10H2;2-3,5,8H,4,6-7H2,1H3. The van der Waals surface area contributed by atoms with Crippen molar-refractivity contribution in [2.24, 2.45) is 5.92 Å². The van der Waals surface area contributed by atoms with Gasteiger partial charge in [-0.25, -0.2) is 0 Å². The highest BCUT2D eigenvalue weighted by atomic mass is 16.7. The zero-order valence-electron chi connectivity index (χ0n) is 18.3. The lowest BCUT2D eigenvalue weighted by Gasteiger charge is -2.16. The summed E-state index contributed by atoms with van der Waals surface area (Å²) in [7, 11) is 0. The molecule has 3 aliphatic heterocycles. The molecule has 2 aromatic carbocycles. The van der Waals surface area contributed by atoms with Gasteiger partial charge < -0.3 is 24.0 Å². The number of rotatable bonds is 5. The molecule has 2 amide bonds. The number of amides is 2. The summed E-state index contributed by atoms with van der Waals surface area (Å²) < 4.78 is 15.9. The first-order valence-electron chi connectivity index (χ1n) is 10.9. The van der Waals surface area contributed by atoms with Crippen LogP contribution in [-0.4, -0.2) is 38.3 Å².